The fraction of sp³-hybridized carbons (Fsp3) is 0.389. The van der Waals surface area contributed by atoms with E-state index < -0.39 is 70.0 Å². The third kappa shape index (κ3) is 7.64. The van der Waals surface area contributed by atoms with Crippen molar-refractivity contribution < 1.29 is 58.6 Å². The Balaban J connectivity index is 0.000000830. The third-order valence-electron chi connectivity index (χ3n) is 4.82. The van der Waals surface area contributed by atoms with Crippen LogP contribution in [0.5, 0.6) is 0 Å². The first-order valence-electron chi connectivity index (χ1n) is 9.65. The average Bonchev–Trinajstić information content (AvgIpc) is 3.10. The number of rotatable bonds is 5. The van der Waals surface area contributed by atoms with Crippen LogP contribution in [0, 0.1) is 17.5 Å². The summed E-state index contributed by atoms with van der Waals surface area (Å²) < 4.78 is 112. The minimum atomic E-state index is -4.87. The van der Waals surface area contributed by atoms with Crippen LogP contribution in [0.2, 0.25) is 0 Å². The quantitative estimate of drug-likeness (QED) is 0.246. The van der Waals surface area contributed by atoms with Crippen molar-refractivity contribution in [3.63, 3.8) is 0 Å². The number of hydrogen-bond donors (Lipinski definition) is 4. The summed E-state index contributed by atoms with van der Waals surface area (Å²) >= 11 is 0. The lowest BCUT2D eigenvalue weighted by molar-refractivity contribution is -0.148. The number of carboxylic acids is 1. The predicted molar refractivity (Wildman–Crippen MR) is 106 cm³/mol. The van der Waals surface area contributed by atoms with Crippen LogP contribution < -0.4 is 5.73 Å². The fourth-order valence-electron chi connectivity index (χ4n) is 3.40. The van der Waals surface area contributed by atoms with E-state index in [0.717, 1.165) is 4.90 Å². The van der Waals surface area contributed by atoms with E-state index in [9.17, 15) is 35.9 Å². The summed E-state index contributed by atoms with van der Waals surface area (Å²) in [4.78, 5) is 28.1. The molecule has 2 heterocycles. The molecule has 0 aliphatic carbocycles. The van der Waals surface area contributed by atoms with Gasteiger partial charge in [-0.15, -0.1) is 0 Å². The predicted octanol–water partition coefficient (Wildman–Crippen LogP) is 1.67. The Kier molecular flexibility index (Phi) is 8.71. The number of halogens is 6. The number of fused-ring (bicyclic) bond motifs is 1. The number of carbonyl (C=O) groups excluding carboxylic acids is 1. The van der Waals surface area contributed by atoms with Crippen molar-refractivity contribution >= 4 is 22.3 Å². The standard InChI is InChI=1S/C18H16F6N4O3.H2O4S/c19-10-6-12(21)11(20)4-8(10)3-9(25)5-14(29)27-1-2-28-13(7-27)15(16(30)31)26-17(28)18(22,23)24;1-5(2,3)4/h4,6,9H,1-3,5,7,25H2,(H,30,31);(H2,1,2,3,4)/t9-;/m1./s1. The maximum atomic E-state index is 13.8. The van der Waals surface area contributed by atoms with Gasteiger partial charge in [-0.1, -0.05) is 0 Å². The van der Waals surface area contributed by atoms with E-state index in [-0.39, 0.29) is 37.2 Å². The molecule has 5 N–H and O–H groups in total. The van der Waals surface area contributed by atoms with Crippen molar-refractivity contribution in [1.82, 2.24) is 14.5 Å². The van der Waals surface area contributed by atoms with Gasteiger partial charge in [0.1, 0.15) is 5.82 Å². The average molecular weight is 548 g/mol. The van der Waals surface area contributed by atoms with Gasteiger partial charge in [0.15, 0.2) is 17.3 Å². The number of carboxylic acid groups (broad SMARTS) is 1. The topological polar surface area (TPSA) is 176 Å². The Bertz CT molecular complexity index is 1260. The van der Waals surface area contributed by atoms with Crippen LogP contribution in [-0.2, 0) is 40.9 Å². The highest BCUT2D eigenvalue weighted by Gasteiger charge is 2.41. The summed E-state index contributed by atoms with van der Waals surface area (Å²) in [5.41, 5.74) is 4.49. The van der Waals surface area contributed by atoms with Crippen LogP contribution in [0.3, 0.4) is 0 Å². The molecule has 18 heteroatoms. The first-order valence-corrected chi connectivity index (χ1v) is 11.0. The molecule has 2 aromatic rings. The molecule has 1 aromatic carbocycles. The number of hydrogen-bond acceptors (Lipinski definition) is 6. The molecule has 0 fully saturated rings. The lowest BCUT2D eigenvalue weighted by Crippen LogP contribution is -2.42. The molecule has 0 saturated carbocycles. The molecule has 1 aromatic heterocycles. The molecule has 0 saturated heterocycles. The van der Waals surface area contributed by atoms with Crippen molar-refractivity contribution in [3.8, 4) is 0 Å². The number of aromatic carboxylic acids is 1. The van der Waals surface area contributed by atoms with Gasteiger partial charge in [0.2, 0.25) is 11.7 Å². The number of benzene rings is 1. The second-order valence-corrected chi connectivity index (χ2v) is 8.37. The van der Waals surface area contributed by atoms with E-state index in [1.807, 2.05) is 0 Å². The van der Waals surface area contributed by atoms with Gasteiger partial charge in [-0.05, 0) is 18.1 Å². The maximum absolute atomic E-state index is 13.8. The number of imidazole rings is 1. The molecular formula is C18H18F6N4O7S. The third-order valence-corrected chi connectivity index (χ3v) is 4.82. The molecule has 200 valence electrons. The Hall–Kier alpha value is -3.22. The smallest absolute Gasteiger partial charge is 0.449 e. The molecule has 3 rings (SSSR count). The highest BCUT2D eigenvalue weighted by Crippen LogP contribution is 2.32. The number of nitrogens with zero attached hydrogens (tertiary/aromatic N) is 3. The molecular weight excluding hydrogens is 530 g/mol. The van der Waals surface area contributed by atoms with Crippen LogP contribution in [0.25, 0.3) is 0 Å². The van der Waals surface area contributed by atoms with Crippen LogP contribution in [0.4, 0.5) is 26.3 Å². The number of aromatic nitrogens is 2. The molecule has 36 heavy (non-hydrogen) atoms. The minimum Gasteiger partial charge on any atom is -0.476 e. The number of nitrogens with two attached hydrogens (primary N) is 1. The van der Waals surface area contributed by atoms with Crippen LogP contribution in [0.1, 0.15) is 34.0 Å². The lowest BCUT2D eigenvalue weighted by Gasteiger charge is -2.30. The SMILES string of the molecule is N[C@@H](CC(=O)N1CCn2c(C(F)(F)F)nc(C(=O)O)c2C1)Cc1cc(F)c(F)cc1F.O=S(=O)(O)O. The van der Waals surface area contributed by atoms with E-state index in [2.05, 4.69) is 4.98 Å². The van der Waals surface area contributed by atoms with Gasteiger partial charge in [0, 0.05) is 31.6 Å². The van der Waals surface area contributed by atoms with E-state index >= 15 is 0 Å². The maximum Gasteiger partial charge on any atom is 0.449 e. The van der Waals surface area contributed by atoms with Gasteiger partial charge in [0.25, 0.3) is 0 Å². The number of carbonyl (C=O) groups is 2. The molecule has 1 atom stereocenters. The van der Waals surface area contributed by atoms with Crippen molar-refractivity contribution in [2.75, 3.05) is 6.54 Å². The summed E-state index contributed by atoms with van der Waals surface area (Å²) in [7, 11) is -4.67. The van der Waals surface area contributed by atoms with E-state index in [1.54, 1.807) is 0 Å². The van der Waals surface area contributed by atoms with Crippen molar-refractivity contribution in [3.05, 3.63) is 52.4 Å². The molecule has 1 amide bonds. The molecule has 11 nitrogen and oxygen atoms in total. The second kappa shape index (κ2) is 10.8. The summed E-state index contributed by atoms with van der Waals surface area (Å²) in [6, 6.07) is -0.00786. The Morgan fingerprint density at radius 1 is 1.08 bits per heavy atom. The zero-order valence-electron chi connectivity index (χ0n) is 17.8. The first-order chi connectivity index (χ1) is 16.4. The van der Waals surface area contributed by atoms with Crippen molar-refractivity contribution in [2.24, 2.45) is 5.73 Å². The largest absolute Gasteiger partial charge is 0.476 e. The summed E-state index contributed by atoms with van der Waals surface area (Å²) in [5.74, 6) is -7.33. The lowest BCUT2D eigenvalue weighted by atomic mass is 10.0. The molecule has 1 aliphatic rings. The fourth-order valence-corrected chi connectivity index (χ4v) is 3.40. The van der Waals surface area contributed by atoms with Crippen LogP contribution in [-0.4, -0.2) is 61.5 Å². The minimum absolute atomic E-state index is 0.156. The van der Waals surface area contributed by atoms with E-state index in [4.69, 9.17) is 28.4 Å². The Labute approximate surface area is 198 Å². The van der Waals surface area contributed by atoms with Gasteiger partial charge in [-0.3, -0.25) is 13.9 Å². The normalized spacial score (nSPS) is 14.5. The first kappa shape index (κ1) is 29.0. The Morgan fingerprint density at radius 3 is 2.17 bits per heavy atom. The summed E-state index contributed by atoms with van der Waals surface area (Å²) in [5, 5.41) is 9.16. The molecule has 1 aliphatic heterocycles. The highest BCUT2D eigenvalue weighted by atomic mass is 32.3. The van der Waals surface area contributed by atoms with Gasteiger partial charge >= 0.3 is 22.5 Å². The number of amides is 1. The molecule has 0 radical (unpaired) electrons. The summed E-state index contributed by atoms with van der Waals surface area (Å²) in [6.07, 6.45) is -5.54. The molecule has 0 spiro atoms. The van der Waals surface area contributed by atoms with E-state index in [0.29, 0.717) is 16.7 Å². The highest BCUT2D eigenvalue weighted by molar-refractivity contribution is 7.79. The van der Waals surface area contributed by atoms with Gasteiger partial charge in [-0.2, -0.15) is 21.6 Å². The van der Waals surface area contributed by atoms with Crippen LogP contribution >= 0.6 is 0 Å². The monoisotopic (exact) mass is 548 g/mol. The molecule has 0 bridgehead atoms. The van der Waals surface area contributed by atoms with Crippen LogP contribution in [0.15, 0.2) is 12.1 Å². The zero-order valence-corrected chi connectivity index (χ0v) is 18.7. The van der Waals surface area contributed by atoms with Gasteiger partial charge in [-0.25, -0.2) is 22.9 Å². The van der Waals surface area contributed by atoms with E-state index in [1.165, 1.54) is 0 Å². The Morgan fingerprint density at radius 2 is 1.64 bits per heavy atom. The summed E-state index contributed by atoms with van der Waals surface area (Å²) in [6.45, 7) is -0.921. The van der Waals surface area contributed by atoms with Crippen molar-refractivity contribution in [2.45, 2.75) is 38.1 Å². The van der Waals surface area contributed by atoms with Gasteiger partial charge in [0.05, 0.1) is 12.2 Å². The number of alkyl halides is 3. The van der Waals surface area contributed by atoms with Gasteiger partial charge < -0.3 is 20.3 Å². The molecule has 0 unspecified atom stereocenters. The zero-order chi connectivity index (χ0) is 27.6. The second-order valence-electron chi connectivity index (χ2n) is 7.47. The van der Waals surface area contributed by atoms with Crippen molar-refractivity contribution in [1.29, 1.82) is 0 Å².